The molecule has 0 heterocycles. The lowest BCUT2D eigenvalue weighted by Gasteiger charge is -2.17. The van der Waals surface area contributed by atoms with Crippen molar-refractivity contribution >= 4 is 5.97 Å². The number of halogens is 1. The van der Waals surface area contributed by atoms with Gasteiger partial charge in [-0.2, -0.15) is 0 Å². The second kappa shape index (κ2) is 6.20. The van der Waals surface area contributed by atoms with Crippen LogP contribution in [-0.2, 0) is 9.53 Å². The van der Waals surface area contributed by atoms with E-state index in [1.54, 1.807) is 19.1 Å². The molecule has 4 nitrogen and oxygen atoms in total. The minimum atomic E-state index is -0.396. The van der Waals surface area contributed by atoms with Crippen molar-refractivity contribution in [2.24, 2.45) is 0 Å². The van der Waals surface area contributed by atoms with Gasteiger partial charge in [0, 0.05) is 11.6 Å². The van der Waals surface area contributed by atoms with Gasteiger partial charge in [0.05, 0.1) is 20.8 Å². The van der Waals surface area contributed by atoms with Crippen molar-refractivity contribution in [1.29, 1.82) is 0 Å². The van der Waals surface area contributed by atoms with Crippen molar-refractivity contribution in [2.45, 2.75) is 13.0 Å². The summed E-state index contributed by atoms with van der Waals surface area (Å²) in [6.07, 6.45) is 0. The van der Waals surface area contributed by atoms with Crippen LogP contribution in [0.25, 0.3) is 0 Å². The highest BCUT2D eigenvalue weighted by Gasteiger charge is 2.16. The molecule has 0 aliphatic carbocycles. The summed E-state index contributed by atoms with van der Waals surface area (Å²) >= 11 is 0. The number of rotatable bonds is 5. The molecule has 0 aromatic heterocycles. The van der Waals surface area contributed by atoms with Gasteiger partial charge < -0.3 is 14.8 Å². The molecule has 0 bridgehead atoms. The van der Waals surface area contributed by atoms with Crippen LogP contribution in [0, 0.1) is 5.82 Å². The summed E-state index contributed by atoms with van der Waals surface area (Å²) in [6.45, 7) is 1.78. The average molecular weight is 241 g/mol. The Morgan fingerprint density at radius 3 is 2.76 bits per heavy atom. The van der Waals surface area contributed by atoms with Gasteiger partial charge >= 0.3 is 5.97 Å². The van der Waals surface area contributed by atoms with Crippen LogP contribution in [0.1, 0.15) is 18.5 Å². The van der Waals surface area contributed by atoms with Crippen LogP contribution in [-0.4, -0.2) is 26.7 Å². The number of benzene rings is 1. The molecule has 0 saturated heterocycles. The predicted molar refractivity (Wildman–Crippen MR) is 61.4 cm³/mol. The van der Waals surface area contributed by atoms with E-state index in [1.807, 2.05) is 0 Å². The summed E-state index contributed by atoms with van der Waals surface area (Å²) < 4.78 is 23.2. The van der Waals surface area contributed by atoms with E-state index in [2.05, 4.69) is 10.1 Å². The van der Waals surface area contributed by atoms with Gasteiger partial charge in [0.25, 0.3) is 0 Å². The lowest BCUT2D eigenvalue weighted by atomic mass is 10.1. The van der Waals surface area contributed by atoms with Gasteiger partial charge in [-0.1, -0.05) is 6.07 Å². The lowest BCUT2D eigenvalue weighted by molar-refractivity contribution is -0.139. The Morgan fingerprint density at radius 1 is 1.47 bits per heavy atom. The minimum Gasteiger partial charge on any atom is -0.496 e. The molecule has 1 aromatic carbocycles. The van der Waals surface area contributed by atoms with Gasteiger partial charge in [0.2, 0.25) is 0 Å². The van der Waals surface area contributed by atoms with E-state index in [9.17, 15) is 9.18 Å². The summed E-state index contributed by atoms with van der Waals surface area (Å²) in [7, 11) is 2.78. The zero-order valence-corrected chi connectivity index (χ0v) is 10.1. The monoisotopic (exact) mass is 241 g/mol. The SMILES string of the molecule is COC(=O)CN[C@H](C)c1c(F)cccc1OC. The lowest BCUT2D eigenvalue weighted by Crippen LogP contribution is -2.27. The first kappa shape index (κ1) is 13.4. The number of nitrogens with one attached hydrogen (secondary N) is 1. The Morgan fingerprint density at radius 2 is 2.18 bits per heavy atom. The maximum absolute atomic E-state index is 13.7. The first-order valence-corrected chi connectivity index (χ1v) is 5.22. The molecule has 17 heavy (non-hydrogen) atoms. The van der Waals surface area contributed by atoms with E-state index in [-0.39, 0.29) is 18.4 Å². The van der Waals surface area contributed by atoms with Crippen LogP contribution in [0.3, 0.4) is 0 Å². The molecule has 94 valence electrons. The van der Waals surface area contributed by atoms with Crippen LogP contribution >= 0.6 is 0 Å². The Hall–Kier alpha value is -1.62. The van der Waals surface area contributed by atoms with Crippen molar-refractivity contribution in [3.05, 3.63) is 29.6 Å². The molecule has 0 aliphatic heterocycles. The van der Waals surface area contributed by atoms with E-state index < -0.39 is 5.97 Å². The number of methoxy groups -OCH3 is 2. The third kappa shape index (κ3) is 3.42. The molecule has 0 spiro atoms. The van der Waals surface area contributed by atoms with Gasteiger partial charge in [0.1, 0.15) is 11.6 Å². The summed E-state index contributed by atoms with van der Waals surface area (Å²) in [6, 6.07) is 4.26. The van der Waals surface area contributed by atoms with Crippen molar-refractivity contribution in [3.63, 3.8) is 0 Å². The van der Waals surface area contributed by atoms with Crippen LogP contribution in [0.2, 0.25) is 0 Å². The fourth-order valence-corrected chi connectivity index (χ4v) is 1.53. The van der Waals surface area contributed by atoms with Gasteiger partial charge in [0.15, 0.2) is 0 Å². The van der Waals surface area contributed by atoms with Crippen molar-refractivity contribution < 1.29 is 18.7 Å². The summed E-state index contributed by atoms with van der Waals surface area (Å²) in [5.74, 6) is -0.309. The van der Waals surface area contributed by atoms with Crippen LogP contribution < -0.4 is 10.1 Å². The van der Waals surface area contributed by atoms with E-state index in [0.29, 0.717) is 11.3 Å². The fourth-order valence-electron chi connectivity index (χ4n) is 1.53. The Balaban J connectivity index is 2.80. The quantitative estimate of drug-likeness (QED) is 0.796. The summed E-state index contributed by atoms with van der Waals surface area (Å²) in [4.78, 5) is 11.0. The van der Waals surface area contributed by atoms with E-state index in [1.165, 1.54) is 20.3 Å². The number of carbonyl (C=O) groups is 1. The molecule has 1 rings (SSSR count). The normalized spacial score (nSPS) is 12.0. The molecular weight excluding hydrogens is 225 g/mol. The zero-order chi connectivity index (χ0) is 12.8. The first-order chi connectivity index (χ1) is 8.10. The smallest absolute Gasteiger partial charge is 0.319 e. The highest BCUT2D eigenvalue weighted by Crippen LogP contribution is 2.27. The zero-order valence-electron chi connectivity index (χ0n) is 10.1. The Labute approximate surface area is 99.7 Å². The van der Waals surface area contributed by atoms with Crippen molar-refractivity contribution in [3.8, 4) is 5.75 Å². The molecule has 1 aromatic rings. The maximum atomic E-state index is 13.7. The minimum absolute atomic E-state index is 0.0230. The highest BCUT2D eigenvalue weighted by molar-refractivity contribution is 5.71. The number of esters is 1. The predicted octanol–water partition coefficient (Wildman–Crippen LogP) is 1.66. The van der Waals surface area contributed by atoms with Crippen LogP contribution in [0.4, 0.5) is 4.39 Å². The topological polar surface area (TPSA) is 47.6 Å². The fraction of sp³-hybridized carbons (Fsp3) is 0.417. The van der Waals surface area contributed by atoms with E-state index in [4.69, 9.17) is 4.74 Å². The second-order valence-corrected chi connectivity index (χ2v) is 3.53. The second-order valence-electron chi connectivity index (χ2n) is 3.53. The molecule has 0 saturated carbocycles. The Kier molecular flexibility index (Phi) is 4.90. The number of ether oxygens (including phenoxy) is 2. The number of hydrogen-bond acceptors (Lipinski definition) is 4. The van der Waals surface area contributed by atoms with Crippen LogP contribution in [0.15, 0.2) is 18.2 Å². The number of hydrogen-bond donors (Lipinski definition) is 1. The van der Waals surface area contributed by atoms with Crippen molar-refractivity contribution in [2.75, 3.05) is 20.8 Å². The molecule has 1 N–H and O–H groups in total. The molecule has 0 fully saturated rings. The number of carbonyl (C=O) groups excluding carboxylic acids is 1. The third-order valence-electron chi connectivity index (χ3n) is 2.45. The average Bonchev–Trinajstić information content (AvgIpc) is 2.34. The molecule has 0 radical (unpaired) electrons. The van der Waals surface area contributed by atoms with Crippen LogP contribution in [0.5, 0.6) is 5.75 Å². The van der Waals surface area contributed by atoms with E-state index >= 15 is 0 Å². The van der Waals surface area contributed by atoms with Gasteiger partial charge in [-0.05, 0) is 19.1 Å². The molecule has 0 amide bonds. The largest absolute Gasteiger partial charge is 0.496 e. The maximum Gasteiger partial charge on any atom is 0.319 e. The summed E-state index contributed by atoms with van der Waals surface area (Å²) in [5, 5.41) is 2.87. The van der Waals surface area contributed by atoms with Gasteiger partial charge in [-0.25, -0.2) is 4.39 Å². The Bertz CT molecular complexity index is 395. The molecule has 5 heteroatoms. The molecule has 1 atom stereocenters. The first-order valence-electron chi connectivity index (χ1n) is 5.22. The standard InChI is InChI=1S/C12H16FNO3/c1-8(14-7-11(15)17-3)12-9(13)5-4-6-10(12)16-2/h4-6,8,14H,7H2,1-3H3/t8-/m1/s1. The van der Waals surface area contributed by atoms with E-state index in [0.717, 1.165) is 0 Å². The molecule has 0 aliphatic rings. The van der Waals surface area contributed by atoms with Gasteiger partial charge in [-0.3, -0.25) is 4.79 Å². The van der Waals surface area contributed by atoms with Gasteiger partial charge in [-0.15, -0.1) is 0 Å². The van der Waals surface area contributed by atoms with Crippen molar-refractivity contribution in [1.82, 2.24) is 5.32 Å². The molecular formula is C12H16FNO3. The molecule has 0 unspecified atom stereocenters. The highest BCUT2D eigenvalue weighted by atomic mass is 19.1. The summed E-state index contributed by atoms with van der Waals surface area (Å²) in [5.41, 5.74) is 0.402. The third-order valence-corrected chi connectivity index (χ3v) is 2.45.